The monoisotopic (exact) mass is 259 g/mol. The van der Waals surface area contributed by atoms with Crippen LogP contribution in [0.4, 0.5) is 0 Å². The van der Waals surface area contributed by atoms with E-state index in [2.05, 4.69) is 51.2 Å². The smallest absolute Gasteiger partial charge is 0.0296 e. The first-order valence-corrected chi connectivity index (χ1v) is 7.93. The van der Waals surface area contributed by atoms with Gasteiger partial charge in [0.05, 0.1) is 0 Å². The third-order valence-electron chi connectivity index (χ3n) is 4.74. The van der Waals surface area contributed by atoms with E-state index in [4.69, 9.17) is 0 Å². The van der Waals surface area contributed by atoms with Crippen molar-refractivity contribution in [1.82, 2.24) is 5.32 Å². The molecule has 0 amide bonds. The van der Waals surface area contributed by atoms with Crippen LogP contribution in [-0.2, 0) is 0 Å². The summed E-state index contributed by atoms with van der Waals surface area (Å²) in [6.07, 6.45) is 6.90. The second kappa shape index (κ2) is 6.56. The van der Waals surface area contributed by atoms with E-state index in [0.717, 1.165) is 12.0 Å². The van der Waals surface area contributed by atoms with Crippen LogP contribution in [0.15, 0.2) is 18.2 Å². The van der Waals surface area contributed by atoms with E-state index in [1.54, 1.807) is 0 Å². The van der Waals surface area contributed by atoms with E-state index in [1.165, 1.54) is 48.8 Å². The summed E-state index contributed by atoms with van der Waals surface area (Å²) >= 11 is 0. The Labute approximate surface area is 118 Å². The third kappa shape index (κ3) is 3.82. The molecule has 1 aromatic carbocycles. The molecule has 1 fully saturated rings. The number of aryl methyl sites for hydroxylation is 2. The summed E-state index contributed by atoms with van der Waals surface area (Å²) in [6.45, 7) is 9.05. The molecule has 3 atom stereocenters. The standard InChI is InChI=1S/C18H29N/c1-5-16-7-6-8-17(12-16)19-15(4)18-10-9-13(2)11-14(18)3/h9-11,15-17,19H,5-8,12H2,1-4H3. The molecule has 2 rings (SSSR count). The van der Waals surface area contributed by atoms with Crippen molar-refractivity contribution in [3.05, 3.63) is 34.9 Å². The highest BCUT2D eigenvalue weighted by Gasteiger charge is 2.22. The summed E-state index contributed by atoms with van der Waals surface area (Å²) in [5.74, 6) is 0.942. The van der Waals surface area contributed by atoms with Gasteiger partial charge in [0, 0.05) is 12.1 Å². The lowest BCUT2D eigenvalue weighted by molar-refractivity contribution is 0.266. The molecule has 1 nitrogen and oxygen atoms in total. The van der Waals surface area contributed by atoms with E-state index >= 15 is 0 Å². The van der Waals surface area contributed by atoms with Crippen LogP contribution in [0.25, 0.3) is 0 Å². The fourth-order valence-corrected chi connectivity index (χ4v) is 3.57. The Hall–Kier alpha value is -0.820. The molecule has 0 radical (unpaired) electrons. The molecule has 1 aliphatic rings. The maximum atomic E-state index is 3.86. The average molecular weight is 259 g/mol. The molecule has 1 aromatic rings. The van der Waals surface area contributed by atoms with Crippen molar-refractivity contribution >= 4 is 0 Å². The molecular formula is C18H29N. The number of rotatable bonds is 4. The molecular weight excluding hydrogens is 230 g/mol. The predicted octanol–water partition coefficient (Wildman–Crippen LogP) is 4.92. The Morgan fingerprint density at radius 3 is 2.74 bits per heavy atom. The maximum absolute atomic E-state index is 3.86. The Balaban J connectivity index is 1.98. The Kier molecular flexibility index (Phi) is 5.04. The number of nitrogens with one attached hydrogen (secondary N) is 1. The van der Waals surface area contributed by atoms with Gasteiger partial charge in [-0.3, -0.25) is 0 Å². The van der Waals surface area contributed by atoms with Gasteiger partial charge in [0.2, 0.25) is 0 Å². The minimum Gasteiger partial charge on any atom is -0.307 e. The van der Waals surface area contributed by atoms with E-state index in [-0.39, 0.29) is 0 Å². The van der Waals surface area contributed by atoms with Gasteiger partial charge in [-0.05, 0) is 50.7 Å². The molecule has 1 aliphatic carbocycles. The number of benzene rings is 1. The molecule has 0 heterocycles. The first-order valence-electron chi connectivity index (χ1n) is 7.93. The van der Waals surface area contributed by atoms with Gasteiger partial charge in [-0.15, -0.1) is 0 Å². The number of hydrogen-bond acceptors (Lipinski definition) is 1. The Morgan fingerprint density at radius 2 is 2.05 bits per heavy atom. The highest BCUT2D eigenvalue weighted by molar-refractivity contribution is 5.32. The normalized spacial score (nSPS) is 25.3. The predicted molar refractivity (Wildman–Crippen MR) is 83.5 cm³/mol. The van der Waals surface area contributed by atoms with Crippen LogP contribution < -0.4 is 5.32 Å². The largest absolute Gasteiger partial charge is 0.307 e. The van der Waals surface area contributed by atoms with Gasteiger partial charge in [0.15, 0.2) is 0 Å². The van der Waals surface area contributed by atoms with Gasteiger partial charge in [0.25, 0.3) is 0 Å². The quantitative estimate of drug-likeness (QED) is 0.809. The average Bonchev–Trinajstić information content (AvgIpc) is 2.38. The Morgan fingerprint density at radius 1 is 1.26 bits per heavy atom. The van der Waals surface area contributed by atoms with Crippen LogP contribution in [0.2, 0.25) is 0 Å². The summed E-state index contributed by atoms with van der Waals surface area (Å²) < 4.78 is 0. The van der Waals surface area contributed by atoms with Crippen LogP contribution in [0.5, 0.6) is 0 Å². The van der Waals surface area contributed by atoms with Crippen molar-refractivity contribution in [2.24, 2.45) is 5.92 Å². The van der Waals surface area contributed by atoms with Gasteiger partial charge >= 0.3 is 0 Å². The first-order chi connectivity index (χ1) is 9.10. The summed E-state index contributed by atoms with van der Waals surface area (Å²) in [5, 5.41) is 3.86. The van der Waals surface area contributed by atoms with E-state index in [0.29, 0.717) is 6.04 Å². The molecule has 0 bridgehead atoms. The third-order valence-corrected chi connectivity index (χ3v) is 4.74. The second-order valence-corrected chi connectivity index (χ2v) is 6.39. The van der Waals surface area contributed by atoms with Crippen LogP contribution >= 0.6 is 0 Å². The van der Waals surface area contributed by atoms with Gasteiger partial charge < -0.3 is 5.32 Å². The van der Waals surface area contributed by atoms with Gasteiger partial charge in [-0.25, -0.2) is 0 Å². The lowest BCUT2D eigenvalue weighted by atomic mass is 9.83. The molecule has 1 saturated carbocycles. The minimum absolute atomic E-state index is 0.473. The fourth-order valence-electron chi connectivity index (χ4n) is 3.57. The highest BCUT2D eigenvalue weighted by Crippen LogP contribution is 2.28. The molecule has 106 valence electrons. The number of hydrogen-bond donors (Lipinski definition) is 1. The highest BCUT2D eigenvalue weighted by atomic mass is 14.9. The van der Waals surface area contributed by atoms with Crippen LogP contribution in [-0.4, -0.2) is 6.04 Å². The van der Waals surface area contributed by atoms with Crippen molar-refractivity contribution < 1.29 is 0 Å². The van der Waals surface area contributed by atoms with Crippen molar-refractivity contribution in [3.63, 3.8) is 0 Å². The van der Waals surface area contributed by atoms with Crippen LogP contribution in [0.1, 0.15) is 68.7 Å². The Bertz CT molecular complexity index is 410. The van der Waals surface area contributed by atoms with Gasteiger partial charge in [-0.2, -0.15) is 0 Å². The summed E-state index contributed by atoms with van der Waals surface area (Å²) in [4.78, 5) is 0. The van der Waals surface area contributed by atoms with Gasteiger partial charge in [0.1, 0.15) is 0 Å². The zero-order valence-corrected chi connectivity index (χ0v) is 13.0. The van der Waals surface area contributed by atoms with Crippen molar-refractivity contribution in [2.75, 3.05) is 0 Å². The van der Waals surface area contributed by atoms with Crippen molar-refractivity contribution in [3.8, 4) is 0 Å². The zero-order chi connectivity index (χ0) is 13.8. The molecule has 0 spiro atoms. The molecule has 19 heavy (non-hydrogen) atoms. The van der Waals surface area contributed by atoms with E-state index in [1.807, 2.05) is 0 Å². The molecule has 0 aliphatic heterocycles. The van der Waals surface area contributed by atoms with Gasteiger partial charge in [-0.1, -0.05) is 49.9 Å². The fraction of sp³-hybridized carbons (Fsp3) is 0.667. The first kappa shape index (κ1) is 14.6. The topological polar surface area (TPSA) is 12.0 Å². The second-order valence-electron chi connectivity index (χ2n) is 6.39. The summed E-state index contributed by atoms with van der Waals surface area (Å²) in [6, 6.07) is 8.01. The van der Waals surface area contributed by atoms with E-state index in [9.17, 15) is 0 Å². The maximum Gasteiger partial charge on any atom is 0.0296 e. The van der Waals surface area contributed by atoms with Crippen molar-refractivity contribution in [1.29, 1.82) is 0 Å². The molecule has 3 unspecified atom stereocenters. The summed E-state index contributed by atoms with van der Waals surface area (Å²) in [7, 11) is 0. The molecule has 1 N–H and O–H groups in total. The minimum atomic E-state index is 0.473. The molecule has 0 saturated heterocycles. The summed E-state index contributed by atoms with van der Waals surface area (Å²) in [5.41, 5.74) is 4.24. The molecule has 0 aromatic heterocycles. The SMILES string of the molecule is CCC1CCCC(NC(C)c2ccc(C)cc2C)C1. The lowest BCUT2D eigenvalue weighted by Crippen LogP contribution is -2.36. The van der Waals surface area contributed by atoms with E-state index < -0.39 is 0 Å². The molecule has 1 heteroatoms. The van der Waals surface area contributed by atoms with Crippen molar-refractivity contribution in [2.45, 2.75) is 71.9 Å². The van der Waals surface area contributed by atoms with Crippen LogP contribution in [0.3, 0.4) is 0 Å². The zero-order valence-electron chi connectivity index (χ0n) is 13.0. The lowest BCUT2D eigenvalue weighted by Gasteiger charge is -2.32. The van der Waals surface area contributed by atoms with Crippen LogP contribution in [0, 0.1) is 19.8 Å².